The average molecular weight is 272 g/mol. The Balaban J connectivity index is 2.75. The summed E-state index contributed by atoms with van der Waals surface area (Å²) < 4.78 is 13.0. The topological polar surface area (TPSA) is 46.2 Å². The third kappa shape index (κ3) is 4.45. The third-order valence-corrected chi connectivity index (χ3v) is 2.64. The number of rotatable bonds is 5. The van der Waals surface area contributed by atoms with E-state index >= 15 is 0 Å². The van der Waals surface area contributed by atoms with Gasteiger partial charge in [-0.15, -0.1) is 0 Å². The summed E-state index contributed by atoms with van der Waals surface area (Å²) in [7, 11) is 0. The summed E-state index contributed by atoms with van der Waals surface area (Å²) >= 11 is 5.42. The van der Waals surface area contributed by atoms with Crippen molar-refractivity contribution in [1.82, 2.24) is 5.32 Å². The molecule has 1 N–H and O–H groups in total. The second-order valence-electron chi connectivity index (χ2n) is 4.47. The molecule has 1 aromatic rings. The molecule has 18 heavy (non-hydrogen) atoms. The fourth-order valence-electron chi connectivity index (χ4n) is 1.55. The van der Waals surface area contributed by atoms with E-state index in [9.17, 15) is 14.0 Å². The standard InChI is InChI=1S/C13H15ClFNO2/c1-8(2)6-11(12(14)17)16-13(18)9-4-3-5-10(15)7-9/h3-5,7-8,11H,6H2,1-2H3,(H,16,18). The van der Waals surface area contributed by atoms with Gasteiger partial charge in [-0.1, -0.05) is 19.9 Å². The lowest BCUT2D eigenvalue weighted by Gasteiger charge is -2.16. The van der Waals surface area contributed by atoms with Gasteiger partial charge in [0.25, 0.3) is 5.91 Å². The first-order valence-corrected chi connectivity index (χ1v) is 6.03. The highest BCUT2D eigenvalue weighted by Crippen LogP contribution is 2.09. The van der Waals surface area contributed by atoms with Crippen LogP contribution in [0, 0.1) is 11.7 Å². The van der Waals surface area contributed by atoms with Crippen LogP contribution in [0.3, 0.4) is 0 Å². The van der Waals surface area contributed by atoms with Crippen molar-refractivity contribution in [2.75, 3.05) is 0 Å². The van der Waals surface area contributed by atoms with Crippen LogP contribution < -0.4 is 5.32 Å². The van der Waals surface area contributed by atoms with Gasteiger partial charge in [-0.25, -0.2) is 4.39 Å². The molecule has 1 aromatic carbocycles. The van der Waals surface area contributed by atoms with Gasteiger partial charge in [0, 0.05) is 5.56 Å². The summed E-state index contributed by atoms with van der Waals surface area (Å²) in [5.41, 5.74) is 0.168. The largest absolute Gasteiger partial charge is 0.341 e. The van der Waals surface area contributed by atoms with Crippen LogP contribution in [-0.4, -0.2) is 17.2 Å². The van der Waals surface area contributed by atoms with Gasteiger partial charge in [-0.05, 0) is 42.1 Å². The minimum absolute atomic E-state index is 0.168. The van der Waals surface area contributed by atoms with Crippen molar-refractivity contribution in [3.05, 3.63) is 35.6 Å². The van der Waals surface area contributed by atoms with Gasteiger partial charge in [-0.3, -0.25) is 9.59 Å². The molecule has 0 saturated carbocycles. The van der Waals surface area contributed by atoms with Crippen molar-refractivity contribution >= 4 is 22.8 Å². The van der Waals surface area contributed by atoms with Crippen molar-refractivity contribution in [2.45, 2.75) is 26.3 Å². The molecule has 0 spiro atoms. The molecule has 98 valence electrons. The molecule has 0 aliphatic rings. The zero-order chi connectivity index (χ0) is 13.7. The summed E-state index contributed by atoms with van der Waals surface area (Å²) in [5, 5.41) is 1.89. The highest BCUT2D eigenvalue weighted by atomic mass is 35.5. The Morgan fingerprint density at radius 2 is 2.06 bits per heavy atom. The lowest BCUT2D eigenvalue weighted by atomic mass is 10.0. The van der Waals surface area contributed by atoms with E-state index in [1.807, 2.05) is 13.8 Å². The number of carbonyl (C=O) groups is 2. The van der Waals surface area contributed by atoms with Crippen LogP contribution >= 0.6 is 11.6 Å². The number of benzene rings is 1. The van der Waals surface area contributed by atoms with E-state index in [0.717, 1.165) is 6.07 Å². The maximum absolute atomic E-state index is 13.0. The molecular weight excluding hydrogens is 257 g/mol. The quantitative estimate of drug-likeness (QED) is 0.837. The van der Waals surface area contributed by atoms with Crippen molar-refractivity contribution in [3.63, 3.8) is 0 Å². The van der Waals surface area contributed by atoms with Crippen molar-refractivity contribution in [1.29, 1.82) is 0 Å². The Morgan fingerprint density at radius 1 is 1.39 bits per heavy atom. The molecule has 0 heterocycles. The molecule has 0 bridgehead atoms. The monoisotopic (exact) mass is 271 g/mol. The maximum Gasteiger partial charge on any atom is 0.252 e. The molecule has 1 rings (SSSR count). The van der Waals surface area contributed by atoms with E-state index < -0.39 is 23.0 Å². The van der Waals surface area contributed by atoms with Crippen LogP contribution in [0.4, 0.5) is 4.39 Å². The van der Waals surface area contributed by atoms with Gasteiger partial charge in [0.05, 0.1) is 0 Å². The van der Waals surface area contributed by atoms with Gasteiger partial charge >= 0.3 is 0 Å². The maximum atomic E-state index is 13.0. The summed E-state index contributed by atoms with van der Waals surface area (Å²) in [6.07, 6.45) is 0.448. The normalized spacial score (nSPS) is 12.3. The summed E-state index contributed by atoms with van der Waals surface area (Å²) in [4.78, 5) is 23.0. The molecule has 1 atom stereocenters. The third-order valence-electron chi connectivity index (χ3n) is 2.37. The van der Waals surface area contributed by atoms with Crippen molar-refractivity contribution in [3.8, 4) is 0 Å². The zero-order valence-electron chi connectivity index (χ0n) is 10.2. The predicted octanol–water partition coefficient (Wildman–Crippen LogP) is 2.74. The minimum Gasteiger partial charge on any atom is -0.341 e. The van der Waals surface area contributed by atoms with Crippen LogP contribution in [0.25, 0.3) is 0 Å². The SMILES string of the molecule is CC(C)CC(NC(=O)c1cccc(F)c1)C(=O)Cl. The number of hydrogen-bond donors (Lipinski definition) is 1. The zero-order valence-corrected chi connectivity index (χ0v) is 11.0. The lowest BCUT2D eigenvalue weighted by Crippen LogP contribution is -2.39. The number of hydrogen-bond acceptors (Lipinski definition) is 2. The van der Waals surface area contributed by atoms with E-state index in [-0.39, 0.29) is 11.5 Å². The number of nitrogens with one attached hydrogen (secondary N) is 1. The molecule has 1 unspecified atom stereocenters. The molecular formula is C13H15ClFNO2. The van der Waals surface area contributed by atoms with Crippen LogP contribution in [0.1, 0.15) is 30.6 Å². The molecule has 0 aromatic heterocycles. The number of carbonyl (C=O) groups excluding carboxylic acids is 2. The fourth-order valence-corrected chi connectivity index (χ4v) is 1.69. The second-order valence-corrected chi connectivity index (χ2v) is 4.84. The number of amides is 1. The summed E-state index contributed by atoms with van der Waals surface area (Å²) in [5.74, 6) is -0.792. The Bertz CT molecular complexity index is 448. The van der Waals surface area contributed by atoms with Gasteiger partial charge in [-0.2, -0.15) is 0 Å². The second kappa shape index (κ2) is 6.50. The predicted molar refractivity (Wildman–Crippen MR) is 68.0 cm³/mol. The molecule has 0 saturated heterocycles. The van der Waals surface area contributed by atoms with E-state index in [0.29, 0.717) is 6.42 Å². The van der Waals surface area contributed by atoms with Gasteiger partial charge in [0.2, 0.25) is 5.24 Å². The lowest BCUT2D eigenvalue weighted by molar-refractivity contribution is -0.113. The highest BCUT2D eigenvalue weighted by molar-refractivity contribution is 6.64. The summed E-state index contributed by atoms with van der Waals surface area (Å²) in [6, 6.07) is 4.52. The van der Waals surface area contributed by atoms with E-state index in [2.05, 4.69) is 5.32 Å². The summed E-state index contributed by atoms with van der Waals surface area (Å²) in [6.45, 7) is 3.84. The molecule has 0 aliphatic heterocycles. The van der Waals surface area contributed by atoms with Crippen LogP contribution in [0.15, 0.2) is 24.3 Å². The Hall–Kier alpha value is -1.42. The van der Waals surface area contributed by atoms with Crippen molar-refractivity contribution < 1.29 is 14.0 Å². The molecule has 3 nitrogen and oxygen atoms in total. The van der Waals surface area contributed by atoms with Gasteiger partial charge in [0.15, 0.2) is 0 Å². The molecule has 0 aliphatic carbocycles. The minimum atomic E-state index is -0.748. The van der Waals surface area contributed by atoms with Crippen molar-refractivity contribution in [2.24, 2.45) is 5.92 Å². The van der Waals surface area contributed by atoms with Crippen LogP contribution in [0.2, 0.25) is 0 Å². The van der Waals surface area contributed by atoms with Crippen LogP contribution in [0.5, 0.6) is 0 Å². The average Bonchev–Trinajstić information content (AvgIpc) is 2.27. The highest BCUT2D eigenvalue weighted by Gasteiger charge is 2.20. The molecule has 5 heteroatoms. The Labute approximate surface area is 110 Å². The first kappa shape index (κ1) is 14.6. The van der Waals surface area contributed by atoms with E-state index in [1.54, 1.807) is 0 Å². The first-order valence-electron chi connectivity index (χ1n) is 5.66. The Kier molecular flexibility index (Phi) is 5.28. The van der Waals surface area contributed by atoms with E-state index in [1.165, 1.54) is 18.2 Å². The smallest absolute Gasteiger partial charge is 0.252 e. The van der Waals surface area contributed by atoms with E-state index in [4.69, 9.17) is 11.6 Å². The molecule has 0 fully saturated rings. The fraction of sp³-hybridized carbons (Fsp3) is 0.385. The van der Waals surface area contributed by atoms with Gasteiger partial charge in [0.1, 0.15) is 11.9 Å². The first-order chi connectivity index (χ1) is 8.40. The molecule has 1 amide bonds. The molecule has 0 radical (unpaired) electrons. The number of halogens is 2. The van der Waals surface area contributed by atoms with Gasteiger partial charge < -0.3 is 5.32 Å². The Morgan fingerprint density at radius 3 is 2.56 bits per heavy atom. The van der Waals surface area contributed by atoms with Crippen LogP contribution in [-0.2, 0) is 4.79 Å².